The zero-order chi connectivity index (χ0) is 10.6. The summed E-state index contributed by atoms with van der Waals surface area (Å²) in [6, 6.07) is 5.78. The van der Waals surface area contributed by atoms with E-state index in [0.29, 0.717) is 16.6 Å². The summed E-state index contributed by atoms with van der Waals surface area (Å²) >= 11 is 17.2. The Hall–Kier alpha value is -0.370. The lowest BCUT2D eigenvalue weighted by molar-refractivity contribution is 1.30. The third-order valence-corrected chi connectivity index (χ3v) is 2.88. The molecular weight excluding hydrogens is 240 g/mol. The standard InChI is InChI=1S/C10H10Cl3N/c1-7-3-2-4-9(10(7)13)14-6-8(12)5-11/h2-5,14H,6H2,1H3/b8-5-. The minimum Gasteiger partial charge on any atom is -0.379 e. The number of hydrogen-bond acceptors (Lipinski definition) is 1. The van der Waals surface area contributed by atoms with E-state index in [-0.39, 0.29) is 0 Å². The Bertz CT molecular complexity index is 347. The predicted octanol–water partition coefficient (Wildman–Crippen LogP) is 4.38. The van der Waals surface area contributed by atoms with Crippen LogP contribution in [-0.2, 0) is 0 Å². The molecule has 0 fully saturated rings. The number of nitrogens with one attached hydrogen (secondary N) is 1. The Kier molecular flexibility index (Phi) is 4.59. The van der Waals surface area contributed by atoms with Gasteiger partial charge in [-0.05, 0) is 18.6 Å². The number of benzene rings is 1. The highest BCUT2D eigenvalue weighted by molar-refractivity contribution is 6.37. The minimum atomic E-state index is 0.480. The molecule has 0 unspecified atom stereocenters. The Balaban J connectivity index is 2.73. The lowest BCUT2D eigenvalue weighted by atomic mass is 10.2. The average Bonchev–Trinajstić information content (AvgIpc) is 2.20. The molecule has 0 aromatic heterocycles. The lowest BCUT2D eigenvalue weighted by Crippen LogP contribution is -2.02. The Labute approximate surface area is 98.7 Å². The van der Waals surface area contributed by atoms with Gasteiger partial charge in [0.1, 0.15) is 0 Å². The van der Waals surface area contributed by atoms with Crippen molar-refractivity contribution >= 4 is 40.5 Å². The maximum atomic E-state index is 6.06. The lowest BCUT2D eigenvalue weighted by Gasteiger charge is -2.08. The second-order valence-corrected chi connectivity index (χ2v) is 3.93. The number of rotatable bonds is 3. The van der Waals surface area contributed by atoms with E-state index in [1.807, 2.05) is 25.1 Å². The van der Waals surface area contributed by atoms with Gasteiger partial charge in [0.25, 0.3) is 0 Å². The van der Waals surface area contributed by atoms with Gasteiger partial charge in [0.05, 0.1) is 17.3 Å². The van der Waals surface area contributed by atoms with Crippen LogP contribution in [0.5, 0.6) is 0 Å². The summed E-state index contributed by atoms with van der Waals surface area (Å²) in [6.07, 6.45) is 0. The summed E-state index contributed by atoms with van der Waals surface area (Å²) in [4.78, 5) is 0. The fraction of sp³-hybridized carbons (Fsp3) is 0.200. The predicted molar refractivity (Wildman–Crippen MR) is 64.5 cm³/mol. The third kappa shape index (κ3) is 3.09. The van der Waals surface area contributed by atoms with Crippen LogP contribution in [0.2, 0.25) is 5.02 Å². The monoisotopic (exact) mass is 249 g/mol. The largest absolute Gasteiger partial charge is 0.379 e. The molecule has 0 spiro atoms. The molecule has 0 amide bonds. The summed E-state index contributed by atoms with van der Waals surface area (Å²) in [7, 11) is 0. The molecule has 0 heterocycles. The number of halogens is 3. The van der Waals surface area contributed by atoms with E-state index in [4.69, 9.17) is 34.8 Å². The van der Waals surface area contributed by atoms with E-state index in [1.54, 1.807) is 0 Å². The summed E-state index contributed by atoms with van der Waals surface area (Å²) in [5.41, 5.74) is 3.23. The van der Waals surface area contributed by atoms with Crippen LogP contribution in [0.4, 0.5) is 5.69 Å². The highest BCUT2D eigenvalue weighted by Crippen LogP contribution is 2.25. The topological polar surface area (TPSA) is 12.0 Å². The van der Waals surface area contributed by atoms with Crippen molar-refractivity contribution < 1.29 is 0 Å². The van der Waals surface area contributed by atoms with E-state index < -0.39 is 0 Å². The highest BCUT2D eigenvalue weighted by atomic mass is 35.5. The Morgan fingerprint density at radius 2 is 2.21 bits per heavy atom. The second-order valence-electron chi connectivity index (χ2n) is 2.85. The average molecular weight is 251 g/mol. The molecule has 14 heavy (non-hydrogen) atoms. The molecule has 1 N–H and O–H groups in total. The van der Waals surface area contributed by atoms with Gasteiger partial charge in [0, 0.05) is 10.6 Å². The molecule has 1 aromatic carbocycles. The smallest absolute Gasteiger partial charge is 0.0666 e. The SMILES string of the molecule is Cc1cccc(NC/C(Cl)=C/Cl)c1Cl. The first kappa shape index (κ1) is 11.7. The summed E-state index contributed by atoms with van der Waals surface area (Å²) in [5.74, 6) is 0. The van der Waals surface area contributed by atoms with Crippen LogP contribution in [0.1, 0.15) is 5.56 Å². The molecule has 1 nitrogen and oxygen atoms in total. The normalized spacial score (nSPS) is 11.6. The molecule has 0 bridgehead atoms. The first-order chi connectivity index (χ1) is 6.65. The van der Waals surface area contributed by atoms with Crippen molar-refractivity contribution in [2.45, 2.75) is 6.92 Å². The van der Waals surface area contributed by atoms with Crippen LogP contribution in [0, 0.1) is 6.92 Å². The van der Waals surface area contributed by atoms with Crippen LogP contribution in [-0.4, -0.2) is 6.54 Å². The van der Waals surface area contributed by atoms with Gasteiger partial charge >= 0.3 is 0 Å². The van der Waals surface area contributed by atoms with Gasteiger partial charge < -0.3 is 5.32 Å². The fourth-order valence-electron chi connectivity index (χ4n) is 1.00. The molecule has 0 saturated carbocycles. The van der Waals surface area contributed by atoms with Crippen LogP contribution in [0.15, 0.2) is 28.8 Å². The zero-order valence-electron chi connectivity index (χ0n) is 7.65. The molecule has 76 valence electrons. The van der Waals surface area contributed by atoms with E-state index in [2.05, 4.69) is 5.32 Å². The van der Waals surface area contributed by atoms with Crippen molar-refractivity contribution in [3.8, 4) is 0 Å². The van der Waals surface area contributed by atoms with Crippen molar-refractivity contribution in [1.82, 2.24) is 0 Å². The Morgan fingerprint density at radius 1 is 1.50 bits per heavy atom. The molecule has 0 saturated heterocycles. The van der Waals surface area contributed by atoms with Gasteiger partial charge in [0.15, 0.2) is 0 Å². The highest BCUT2D eigenvalue weighted by Gasteiger charge is 2.01. The van der Waals surface area contributed by atoms with Crippen molar-refractivity contribution in [3.63, 3.8) is 0 Å². The van der Waals surface area contributed by atoms with Crippen LogP contribution in [0.3, 0.4) is 0 Å². The molecule has 1 aromatic rings. The molecule has 0 atom stereocenters. The molecule has 0 aliphatic rings. The molecule has 0 aliphatic heterocycles. The first-order valence-electron chi connectivity index (χ1n) is 4.09. The van der Waals surface area contributed by atoms with Crippen molar-refractivity contribution in [2.24, 2.45) is 0 Å². The van der Waals surface area contributed by atoms with Crippen LogP contribution in [0.25, 0.3) is 0 Å². The third-order valence-electron chi connectivity index (χ3n) is 1.76. The molecule has 4 heteroatoms. The number of anilines is 1. The summed E-state index contributed by atoms with van der Waals surface area (Å²) < 4.78 is 0. The van der Waals surface area contributed by atoms with Gasteiger partial charge in [-0.15, -0.1) is 0 Å². The van der Waals surface area contributed by atoms with Gasteiger partial charge in [-0.1, -0.05) is 46.9 Å². The maximum Gasteiger partial charge on any atom is 0.0666 e. The van der Waals surface area contributed by atoms with Gasteiger partial charge in [-0.25, -0.2) is 0 Å². The van der Waals surface area contributed by atoms with E-state index in [1.165, 1.54) is 5.54 Å². The molecule has 0 radical (unpaired) electrons. The van der Waals surface area contributed by atoms with Gasteiger partial charge in [-0.2, -0.15) is 0 Å². The maximum absolute atomic E-state index is 6.06. The van der Waals surface area contributed by atoms with Crippen molar-refractivity contribution in [3.05, 3.63) is 39.4 Å². The van der Waals surface area contributed by atoms with E-state index in [9.17, 15) is 0 Å². The summed E-state index contributed by atoms with van der Waals surface area (Å²) in [6.45, 7) is 2.43. The fourth-order valence-corrected chi connectivity index (χ4v) is 1.34. The molecule has 1 rings (SSSR count). The zero-order valence-corrected chi connectivity index (χ0v) is 9.92. The molecular formula is C10H10Cl3N. The van der Waals surface area contributed by atoms with Gasteiger partial charge in [0.2, 0.25) is 0 Å². The number of aryl methyl sites for hydroxylation is 1. The first-order valence-corrected chi connectivity index (χ1v) is 5.28. The van der Waals surface area contributed by atoms with E-state index >= 15 is 0 Å². The summed E-state index contributed by atoms with van der Waals surface area (Å²) in [5, 5.41) is 4.35. The van der Waals surface area contributed by atoms with Crippen LogP contribution >= 0.6 is 34.8 Å². The Morgan fingerprint density at radius 3 is 2.86 bits per heavy atom. The number of hydrogen-bond donors (Lipinski definition) is 1. The quantitative estimate of drug-likeness (QED) is 0.839. The molecule has 0 aliphatic carbocycles. The van der Waals surface area contributed by atoms with E-state index in [0.717, 1.165) is 11.3 Å². The van der Waals surface area contributed by atoms with Crippen molar-refractivity contribution in [2.75, 3.05) is 11.9 Å². The second kappa shape index (κ2) is 5.50. The van der Waals surface area contributed by atoms with Crippen LogP contribution < -0.4 is 5.32 Å². The van der Waals surface area contributed by atoms with Crippen molar-refractivity contribution in [1.29, 1.82) is 0 Å². The minimum absolute atomic E-state index is 0.480. The van der Waals surface area contributed by atoms with Gasteiger partial charge in [-0.3, -0.25) is 0 Å².